The first-order valence-electron chi connectivity index (χ1n) is 7.58. The van der Waals surface area contributed by atoms with Gasteiger partial charge in [-0.05, 0) is 46.0 Å². The van der Waals surface area contributed by atoms with E-state index in [0.29, 0.717) is 18.9 Å². The van der Waals surface area contributed by atoms with Crippen LogP contribution in [-0.4, -0.2) is 50.2 Å². The third kappa shape index (κ3) is 5.82. The Bertz CT molecular complexity index is 480. The lowest BCUT2D eigenvalue weighted by Crippen LogP contribution is -2.47. The molecule has 2 N–H and O–H groups in total. The Morgan fingerprint density at radius 1 is 1.29 bits per heavy atom. The van der Waals surface area contributed by atoms with Crippen LogP contribution in [0.4, 0.5) is 4.79 Å². The molecule has 6 nitrogen and oxygen atoms in total. The standard InChI is InChI=1S/C14H26N2O4S/c1-14(2,3)20-13(17)16-12(10-4-5-10)8-15-11-6-7-21(18,19)9-11/h10-12,15H,4-9H2,1-3H3,(H,16,17). The third-order valence-electron chi connectivity index (χ3n) is 3.75. The summed E-state index contributed by atoms with van der Waals surface area (Å²) in [6, 6.07) is 0.0276. The van der Waals surface area contributed by atoms with Gasteiger partial charge in [-0.1, -0.05) is 0 Å². The smallest absolute Gasteiger partial charge is 0.407 e. The Morgan fingerprint density at radius 3 is 2.43 bits per heavy atom. The van der Waals surface area contributed by atoms with Crippen LogP contribution in [-0.2, 0) is 14.6 Å². The Kier molecular flexibility index (Phi) is 4.82. The Balaban J connectivity index is 1.79. The van der Waals surface area contributed by atoms with Crippen molar-refractivity contribution in [2.45, 2.75) is 57.7 Å². The molecule has 1 saturated heterocycles. The number of ether oxygens (including phenoxy) is 1. The normalized spacial score (nSPS) is 26.3. The highest BCUT2D eigenvalue weighted by Crippen LogP contribution is 2.32. The van der Waals surface area contributed by atoms with E-state index < -0.39 is 21.5 Å². The summed E-state index contributed by atoms with van der Waals surface area (Å²) in [6.45, 7) is 6.10. The molecule has 0 bridgehead atoms. The van der Waals surface area contributed by atoms with E-state index in [2.05, 4.69) is 10.6 Å². The lowest BCUT2D eigenvalue weighted by atomic mass is 10.1. The van der Waals surface area contributed by atoms with Crippen molar-refractivity contribution in [3.8, 4) is 0 Å². The average Bonchev–Trinajstić information content (AvgIpc) is 3.07. The molecule has 0 aromatic rings. The maximum Gasteiger partial charge on any atom is 0.407 e. The lowest BCUT2D eigenvalue weighted by Gasteiger charge is -2.24. The highest BCUT2D eigenvalue weighted by Gasteiger charge is 2.35. The van der Waals surface area contributed by atoms with Crippen LogP contribution in [0.2, 0.25) is 0 Å². The molecule has 21 heavy (non-hydrogen) atoms. The van der Waals surface area contributed by atoms with Crippen LogP contribution in [0.3, 0.4) is 0 Å². The summed E-state index contributed by atoms with van der Waals surface area (Å²) >= 11 is 0. The number of carbonyl (C=O) groups excluding carboxylic acids is 1. The number of rotatable bonds is 5. The van der Waals surface area contributed by atoms with Gasteiger partial charge < -0.3 is 15.4 Å². The molecule has 1 saturated carbocycles. The number of nitrogens with one attached hydrogen (secondary N) is 2. The number of alkyl carbamates (subject to hydrolysis) is 1. The summed E-state index contributed by atoms with van der Waals surface area (Å²) in [5.74, 6) is 0.942. The van der Waals surface area contributed by atoms with Crippen LogP contribution in [0.15, 0.2) is 0 Å². The fraction of sp³-hybridized carbons (Fsp3) is 0.929. The van der Waals surface area contributed by atoms with E-state index in [4.69, 9.17) is 4.74 Å². The fourth-order valence-corrected chi connectivity index (χ4v) is 4.25. The summed E-state index contributed by atoms with van der Waals surface area (Å²) < 4.78 is 28.2. The molecule has 2 fully saturated rings. The van der Waals surface area contributed by atoms with Gasteiger partial charge >= 0.3 is 6.09 Å². The first kappa shape index (κ1) is 16.5. The highest BCUT2D eigenvalue weighted by molar-refractivity contribution is 7.91. The topological polar surface area (TPSA) is 84.5 Å². The van der Waals surface area contributed by atoms with E-state index in [1.54, 1.807) is 0 Å². The minimum Gasteiger partial charge on any atom is -0.444 e. The molecular weight excluding hydrogens is 292 g/mol. The van der Waals surface area contributed by atoms with Crippen LogP contribution in [0.25, 0.3) is 0 Å². The summed E-state index contributed by atoms with van der Waals surface area (Å²) in [6.07, 6.45) is 2.46. The van der Waals surface area contributed by atoms with Crippen molar-refractivity contribution < 1.29 is 17.9 Å². The van der Waals surface area contributed by atoms with Crippen LogP contribution in [0, 0.1) is 5.92 Å². The Hall–Kier alpha value is -0.820. The maximum atomic E-state index is 11.8. The molecule has 2 atom stereocenters. The van der Waals surface area contributed by atoms with Crippen LogP contribution in [0.5, 0.6) is 0 Å². The van der Waals surface area contributed by atoms with Crippen molar-refractivity contribution in [3.05, 3.63) is 0 Å². The molecule has 1 heterocycles. The third-order valence-corrected chi connectivity index (χ3v) is 5.52. The minimum atomic E-state index is -2.87. The SMILES string of the molecule is CC(C)(C)OC(=O)NC(CNC1CCS(=O)(=O)C1)C1CC1. The second-order valence-electron chi connectivity index (χ2n) is 7.10. The van der Waals surface area contributed by atoms with E-state index >= 15 is 0 Å². The predicted octanol–water partition coefficient (Wildman–Crippen LogP) is 1.07. The van der Waals surface area contributed by atoms with Crippen LogP contribution >= 0.6 is 0 Å². The van der Waals surface area contributed by atoms with Gasteiger partial charge in [-0.2, -0.15) is 0 Å². The zero-order chi connectivity index (χ0) is 15.7. The van der Waals surface area contributed by atoms with Crippen molar-refractivity contribution in [3.63, 3.8) is 0 Å². The zero-order valence-corrected chi connectivity index (χ0v) is 13.8. The van der Waals surface area contributed by atoms with E-state index in [0.717, 1.165) is 12.8 Å². The van der Waals surface area contributed by atoms with Gasteiger partial charge in [0.05, 0.1) is 11.5 Å². The molecule has 1 aliphatic heterocycles. The molecule has 7 heteroatoms. The van der Waals surface area contributed by atoms with Crippen molar-refractivity contribution in [1.29, 1.82) is 0 Å². The summed E-state index contributed by atoms with van der Waals surface area (Å²) in [7, 11) is -2.87. The maximum absolute atomic E-state index is 11.8. The highest BCUT2D eigenvalue weighted by atomic mass is 32.2. The zero-order valence-electron chi connectivity index (χ0n) is 13.0. The second-order valence-corrected chi connectivity index (χ2v) is 9.33. The van der Waals surface area contributed by atoms with Gasteiger partial charge in [0.15, 0.2) is 9.84 Å². The number of amides is 1. The van der Waals surface area contributed by atoms with Gasteiger partial charge in [0.1, 0.15) is 5.60 Å². The molecule has 122 valence electrons. The first-order chi connectivity index (χ1) is 9.65. The number of hydrogen-bond donors (Lipinski definition) is 2. The molecule has 1 aliphatic carbocycles. The van der Waals surface area contributed by atoms with Crippen molar-refractivity contribution in [1.82, 2.24) is 10.6 Å². The van der Waals surface area contributed by atoms with E-state index in [1.165, 1.54) is 0 Å². The summed E-state index contributed by atoms with van der Waals surface area (Å²) in [5, 5.41) is 6.18. The quantitative estimate of drug-likeness (QED) is 0.792. The van der Waals surface area contributed by atoms with Gasteiger partial charge in [0.25, 0.3) is 0 Å². The second kappa shape index (κ2) is 6.12. The van der Waals surface area contributed by atoms with Crippen molar-refractivity contribution in [2.75, 3.05) is 18.1 Å². The predicted molar refractivity (Wildman–Crippen MR) is 80.9 cm³/mol. The first-order valence-corrected chi connectivity index (χ1v) is 9.40. The van der Waals surface area contributed by atoms with E-state index in [1.807, 2.05) is 20.8 Å². The van der Waals surface area contributed by atoms with Gasteiger partial charge in [-0.3, -0.25) is 0 Å². The molecule has 0 aromatic carbocycles. The fourth-order valence-electron chi connectivity index (χ4n) is 2.54. The van der Waals surface area contributed by atoms with Gasteiger partial charge in [0.2, 0.25) is 0 Å². The molecule has 0 aromatic heterocycles. The molecular formula is C14H26N2O4S. The molecule has 2 aliphatic rings. The molecule has 0 radical (unpaired) electrons. The van der Waals surface area contributed by atoms with Crippen molar-refractivity contribution >= 4 is 15.9 Å². The van der Waals surface area contributed by atoms with Crippen LogP contribution in [0.1, 0.15) is 40.0 Å². The summed E-state index contributed by atoms with van der Waals surface area (Å²) in [4.78, 5) is 11.8. The molecule has 0 spiro atoms. The largest absolute Gasteiger partial charge is 0.444 e. The van der Waals surface area contributed by atoms with E-state index in [9.17, 15) is 13.2 Å². The monoisotopic (exact) mass is 318 g/mol. The Labute approximate surface area is 126 Å². The number of carbonyl (C=O) groups is 1. The van der Waals surface area contributed by atoms with Gasteiger partial charge in [0, 0.05) is 18.6 Å². The lowest BCUT2D eigenvalue weighted by molar-refractivity contribution is 0.0497. The molecule has 2 rings (SSSR count). The van der Waals surface area contributed by atoms with Crippen molar-refractivity contribution in [2.24, 2.45) is 5.92 Å². The number of hydrogen-bond acceptors (Lipinski definition) is 5. The average molecular weight is 318 g/mol. The number of sulfone groups is 1. The minimum absolute atomic E-state index is 0.0108. The molecule has 1 amide bonds. The summed E-state index contributed by atoms with van der Waals surface area (Å²) in [5.41, 5.74) is -0.509. The molecule has 2 unspecified atom stereocenters. The van der Waals surface area contributed by atoms with Crippen LogP contribution < -0.4 is 10.6 Å². The van der Waals surface area contributed by atoms with Gasteiger partial charge in [-0.15, -0.1) is 0 Å². The van der Waals surface area contributed by atoms with E-state index in [-0.39, 0.29) is 23.6 Å². The van der Waals surface area contributed by atoms with Gasteiger partial charge in [-0.25, -0.2) is 13.2 Å². The Morgan fingerprint density at radius 2 is 1.95 bits per heavy atom.